The molecule has 2 saturated heterocycles. The van der Waals surface area contributed by atoms with Crippen LogP contribution < -0.4 is 5.32 Å². The van der Waals surface area contributed by atoms with Gasteiger partial charge in [-0.3, -0.25) is 9.69 Å². The fourth-order valence-corrected chi connectivity index (χ4v) is 5.90. The van der Waals surface area contributed by atoms with Crippen LogP contribution in [0.3, 0.4) is 0 Å². The number of piperazine rings is 1. The third-order valence-electron chi connectivity index (χ3n) is 7.58. The lowest BCUT2D eigenvalue weighted by molar-refractivity contribution is -0.138. The minimum atomic E-state index is 0.0104. The highest BCUT2D eigenvalue weighted by Gasteiger charge is 2.36. The molecule has 0 bridgehead atoms. The molecule has 4 nitrogen and oxygen atoms in total. The largest absolute Gasteiger partial charge is 0.333 e. The second-order valence-corrected chi connectivity index (χ2v) is 10.8. The molecule has 36 heavy (non-hydrogen) atoms. The number of nitrogens with one attached hydrogen (secondary N) is 1. The number of benzene rings is 3. The summed E-state index contributed by atoms with van der Waals surface area (Å²) in [6.07, 6.45) is 2.80. The summed E-state index contributed by atoms with van der Waals surface area (Å²) in [7, 11) is 0. The Morgan fingerprint density at radius 1 is 0.833 bits per heavy atom. The van der Waals surface area contributed by atoms with Gasteiger partial charge < -0.3 is 10.2 Å². The van der Waals surface area contributed by atoms with Gasteiger partial charge in [0.2, 0.25) is 5.91 Å². The van der Waals surface area contributed by atoms with Crippen LogP contribution in [-0.4, -0.2) is 48.4 Å². The monoisotopic (exact) mass is 521 g/mol. The van der Waals surface area contributed by atoms with E-state index in [0.29, 0.717) is 18.9 Å². The molecule has 0 aromatic heterocycles. The summed E-state index contributed by atoms with van der Waals surface area (Å²) in [5, 5.41) is 4.86. The van der Waals surface area contributed by atoms with Crippen LogP contribution in [0.1, 0.15) is 48.0 Å². The van der Waals surface area contributed by atoms with Gasteiger partial charge in [-0.15, -0.1) is 0 Å². The van der Waals surface area contributed by atoms with Crippen LogP contribution in [0.5, 0.6) is 0 Å². The fourth-order valence-electron chi connectivity index (χ4n) is 5.65. The van der Waals surface area contributed by atoms with Crippen LogP contribution in [0, 0.1) is 5.92 Å². The van der Waals surface area contributed by atoms with Gasteiger partial charge in [0.05, 0.1) is 12.1 Å². The molecule has 0 radical (unpaired) electrons. The maximum atomic E-state index is 13.6. The van der Waals surface area contributed by atoms with Crippen molar-refractivity contribution >= 4 is 29.1 Å². The molecule has 3 aromatic rings. The SMILES string of the molecule is O=C(CC1CCNCC1)N1CCN(C(c2ccc(Cl)cc2)c2ccc(Cl)cc2)C[C@@H]1c1ccccc1. The molecule has 188 valence electrons. The number of hydrogen-bond acceptors (Lipinski definition) is 3. The summed E-state index contributed by atoms with van der Waals surface area (Å²) in [4.78, 5) is 18.2. The molecule has 1 N–H and O–H groups in total. The maximum absolute atomic E-state index is 13.6. The van der Waals surface area contributed by atoms with Gasteiger partial charge in [0.15, 0.2) is 0 Å². The summed E-state index contributed by atoms with van der Waals surface area (Å²) in [6, 6.07) is 26.8. The average molecular weight is 523 g/mol. The minimum Gasteiger partial charge on any atom is -0.333 e. The van der Waals surface area contributed by atoms with Crippen LogP contribution in [-0.2, 0) is 4.79 Å². The average Bonchev–Trinajstić information content (AvgIpc) is 2.92. The summed E-state index contributed by atoms with van der Waals surface area (Å²) >= 11 is 12.5. The van der Waals surface area contributed by atoms with Crippen molar-refractivity contribution < 1.29 is 4.79 Å². The predicted molar refractivity (Wildman–Crippen MR) is 147 cm³/mol. The van der Waals surface area contributed by atoms with Crippen molar-refractivity contribution in [3.05, 3.63) is 106 Å². The molecule has 0 unspecified atom stereocenters. The Balaban J connectivity index is 1.44. The highest BCUT2D eigenvalue weighted by molar-refractivity contribution is 6.30. The maximum Gasteiger partial charge on any atom is 0.223 e. The fraction of sp³-hybridized carbons (Fsp3) is 0.367. The zero-order chi connectivity index (χ0) is 24.9. The molecule has 1 amide bonds. The molecular weight excluding hydrogens is 489 g/mol. The molecule has 0 aliphatic carbocycles. The number of rotatable bonds is 6. The van der Waals surface area contributed by atoms with Gasteiger partial charge >= 0.3 is 0 Å². The predicted octanol–water partition coefficient (Wildman–Crippen LogP) is 6.36. The lowest BCUT2D eigenvalue weighted by Crippen LogP contribution is -2.52. The molecule has 2 aliphatic heterocycles. The van der Waals surface area contributed by atoms with Gasteiger partial charge in [-0.25, -0.2) is 0 Å². The van der Waals surface area contributed by atoms with E-state index in [1.165, 1.54) is 16.7 Å². The van der Waals surface area contributed by atoms with Gasteiger partial charge in [0.1, 0.15) is 0 Å². The molecular formula is C30H33Cl2N3O. The molecule has 2 aliphatic rings. The highest BCUT2D eigenvalue weighted by atomic mass is 35.5. The number of halogens is 2. The van der Waals surface area contributed by atoms with E-state index in [0.717, 1.165) is 49.1 Å². The van der Waals surface area contributed by atoms with E-state index in [4.69, 9.17) is 23.2 Å². The van der Waals surface area contributed by atoms with Gasteiger partial charge in [-0.2, -0.15) is 0 Å². The molecule has 0 saturated carbocycles. The van der Waals surface area contributed by atoms with Gasteiger partial charge in [0.25, 0.3) is 0 Å². The lowest BCUT2D eigenvalue weighted by Gasteiger charge is -2.45. The number of nitrogens with zero attached hydrogens (tertiary/aromatic N) is 2. The number of carbonyl (C=O) groups excluding carboxylic acids is 1. The van der Waals surface area contributed by atoms with Crippen molar-refractivity contribution in [3.63, 3.8) is 0 Å². The van der Waals surface area contributed by atoms with E-state index in [1.807, 2.05) is 30.3 Å². The Morgan fingerprint density at radius 2 is 1.42 bits per heavy atom. The molecule has 0 spiro atoms. The van der Waals surface area contributed by atoms with E-state index in [-0.39, 0.29) is 18.0 Å². The zero-order valence-corrected chi connectivity index (χ0v) is 22.0. The number of hydrogen-bond donors (Lipinski definition) is 1. The van der Waals surface area contributed by atoms with Crippen molar-refractivity contribution in [3.8, 4) is 0 Å². The first-order valence-electron chi connectivity index (χ1n) is 12.9. The summed E-state index contributed by atoms with van der Waals surface area (Å²) in [5.41, 5.74) is 3.55. The molecule has 6 heteroatoms. The normalized spacial score (nSPS) is 19.5. The smallest absolute Gasteiger partial charge is 0.223 e. The molecule has 1 atom stereocenters. The van der Waals surface area contributed by atoms with E-state index in [9.17, 15) is 4.79 Å². The summed E-state index contributed by atoms with van der Waals surface area (Å²) < 4.78 is 0. The Labute approximate surface area is 224 Å². The number of carbonyl (C=O) groups is 1. The van der Waals surface area contributed by atoms with E-state index in [1.54, 1.807) is 0 Å². The Morgan fingerprint density at radius 3 is 2.00 bits per heavy atom. The van der Waals surface area contributed by atoms with Gasteiger partial charge in [-0.1, -0.05) is 77.8 Å². The van der Waals surface area contributed by atoms with Crippen molar-refractivity contribution in [2.24, 2.45) is 5.92 Å². The van der Waals surface area contributed by atoms with Crippen LogP contribution in [0.4, 0.5) is 0 Å². The van der Waals surface area contributed by atoms with E-state index < -0.39 is 0 Å². The third kappa shape index (κ3) is 5.95. The number of amides is 1. The highest BCUT2D eigenvalue weighted by Crippen LogP contribution is 2.36. The molecule has 5 rings (SSSR count). The van der Waals surface area contributed by atoms with Crippen LogP contribution in [0.15, 0.2) is 78.9 Å². The van der Waals surface area contributed by atoms with Crippen LogP contribution >= 0.6 is 23.2 Å². The minimum absolute atomic E-state index is 0.0104. The Hall–Kier alpha value is -2.37. The molecule has 2 fully saturated rings. The van der Waals surface area contributed by atoms with E-state index in [2.05, 4.69) is 63.6 Å². The van der Waals surface area contributed by atoms with Gasteiger partial charge in [-0.05, 0) is 72.8 Å². The van der Waals surface area contributed by atoms with Crippen molar-refractivity contribution in [2.45, 2.75) is 31.3 Å². The van der Waals surface area contributed by atoms with Crippen molar-refractivity contribution in [1.82, 2.24) is 15.1 Å². The second kappa shape index (κ2) is 11.8. The standard InChI is InChI=1S/C30H33Cl2N3O/c31-26-10-6-24(7-11-26)30(25-8-12-27(32)13-9-25)34-18-19-35(28(21-34)23-4-2-1-3-5-23)29(36)20-22-14-16-33-17-15-22/h1-13,22,28,30,33H,14-21H2/t28-/m1/s1. The first kappa shape index (κ1) is 25.3. The number of piperidine rings is 1. The second-order valence-electron chi connectivity index (χ2n) is 9.91. The summed E-state index contributed by atoms with van der Waals surface area (Å²) in [5.74, 6) is 0.758. The van der Waals surface area contributed by atoms with Crippen LogP contribution in [0.2, 0.25) is 10.0 Å². The lowest BCUT2D eigenvalue weighted by atomic mass is 9.91. The Bertz CT molecular complexity index is 1090. The first-order valence-corrected chi connectivity index (χ1v) is 13.6. The Kier molecular flexibility index (Phi) is 8.28. The third-order valence-corrected chi connectivity index (χ3v) is 8.08. The van der Waals surface area contributed by atoms with Gasteiger partial charge in [0, 0.05) is 36.1 Å². The summed E-state index contributed by atoms with van der Waals surface area (Å²) in [6.45, 7) is 4.30. The van der Waals surface area contributed by atoms with Crippen molar-refractivity contribution in [1.29, 1.82) is 0 Å². The zero-order valence-electron chi connectivity index (χ0n) is 20.5. The molecule has 2 heterocycles. The molecule has 3 aromatic carbocycles. The quantitative estimate of drug-likeness (QED) is 0.410. The topological polar surface area (TPSA) is 35.6 Å². The van der Waals surface area contributed by atoms with Crippen LogP contribution in [0.25, 0.3) is 0 Å². The first-order chi connectivity index (χ1) is 17.6. The van der Waals surface area contributed by atoms with Crippen molar-refractivity contribution in [2.75, 3.05) is 32.7 Å². The van der Waals surface area contributed by atoms with E-state index >= 15 is 0 Å².